The number of rotatable bonds is 13. The quantitative estimate of drug-likeness (QED) is 0.0591. The zero-order chi connectivity index (χ0) is 60.3. The molecule has 6 N–H and O–H groups in total. The Hall–Kier alpha value is -4.11. The summed E-state index contributed by atoms with van der Waals surface area (Å²) in [5.74, 6) is -0.739. The number of methoxy groups -OCH3 is 3. The molecule has 3 saturated heterocycles. The number of hydrogen-bond donors (Lipinski definition) is 6. The van der Waals surface area contributed by atoms with E-state index in [4.69, 9.17) is 77.3 Å². The minimum absolute atomic E-state index is 0. The van der Waals surface area contributed by atoms with Crippen molar-refractivity contribution in [1.29, 1.82) is 0 Å². The average molecular weight is 1290 g/mol. The van der Waals surface area contributed by atoms with Gasteiger partial charge in [0.1, 0.15) is 30.3 Å². The summed E-state index contributed by atoms with van der Waals surface area (Å²) in [6.07, 6.45) is -5.38. The molecule has 0 unspecified atom stereocenters. The average Bonchev–Trinajstić information content (AvgIpc) is 3.92. The van der Waals surface area contributed by atoms with Crippen LogP contribution in [0, 0.1) is 13.8 Å². The van der Waals surface area contributed by atoms with Crippen LogP contribution < -0.4 is 43.7 Å². The van der Waals surface area contributed by atoms with Crippen LogP contribution in [0.5, 0.6) is 17.2 Å². The third kappa shape index (κ3) is 17.8. The van der Waals surface area contributed by atoms with Crippen LogP contribution in [-0.4, -0.2) is 154 Å². The Labute approximate surface area is 524 Å². The number of alkyl halides is 6. The first-order valence-electron chi connectivity index (χ1n) is 25.1. The number of piperidine rings is 3. The van der Waals surface area contributed by atoms with Gasteiger partial charge in [0, 0.05) is 23.9 Å². The van der Waals surface area contributed by atoms with E-state index in [-0.39, 0.29) is 80.1 Å². The number of carboxylic acid groups (broad SMARTS) is 2. The largest absolute Gasteiger partial charge is 1.00 e. The number of likely N-dealkylation sites (tertiary alicyclic amines) is 1. The number of hydrogen-bond acceptors (Lipinski definition) is 12. The fourth-order valence-electron chi connectivity index (χ4n) is 9.66. The Morgan fingerprint density at radius 1 is 0.602 bits per heavy atom. The first-order chi connectivity index (χ1) is 38.1. The zero-order valence-electron chi connectivity index (χ0n) is 46.6. The van der Waals surface area contributed by atoms with Gasteiger partial charge in [-0.15, -0.1) is 0 Å². The molecule has 0 atom stereocenters. The van der Waals surface area contributed by atoms with E-state index in [1.165, 1.54) is 28.1 Å². The summed E-state index contributed by atoms with van der Waals surface area (Å²) in [5.41, 5.74) is -1.22. The summed E-state index contributed by atoms with van der Waals surface area (Å²) >= 11 is 29.2. The van der Waals surface area contributed by atoms with Crippen LogP contribution in [0.3, 0.4) is 0 Å². The van der Waals surface area contributed by atoms with E-state index in [1.807, 2.05) is 24.3 Å². The number of amides is 1. The zero-order valence-corrected chi connectivity index (χ0v) is 49.4. The number of halogens is 11. The maximum Gasteiger partial charge on any atom is 1.00 e. The van der Waals surface area contributed by atoms with Crippen molar-refractivity contribution in [3.8, 4) is 17.2 Å². The Morgan fingerprint density at radius 2 is 0.952 bits per heavy atom. The van der Waals surface area contributed by atoms with Gasteiger partial charge in [-0.25, -0.2) is 0 Å². The number of carbonyl (C=O) groups is 3. The summed E-state index contributed by atoms with van der Waals surface area (Å²) in [4.78, 5) is 36.2. The molecule has 30 heteroatoms. The summed E-state index contributed by atoms with van der Waals surface area (Å²) in [7, 11) is 4.64. The van der Waals surface area contributed by atoms with Gasteiger partial charge in [-0.05, 0) is 132 Å². The number of aliphatic hydroxyl groups excluding tert-OH is 2. The number of nitrogens with zero attached hydrogens (tertiary/aromatic N) is 5. The van der Waals surface area contributed by atoms with Crippen molar-refractivity contribution in [3.63, 3.8) is 0 Å². The van der Waals surface area contributed by atoms with E-state index in [9.17, 15) is 56.0 Å². The normalized spacial score (nSPS) is 16.1. The molecule has 83 heavy (non-hydrogen) atoms. The molecule has 5 aromatic rings. The fraction of sp³-hybridized carbons (Fsp3) is 0.491. The van der Waals surface area contributed by atoms with Crippen LogP contribution in [-0.2, 0) is 56.1 Å². The molecule has 0 spiro atoms. The van der Waals surface area contributed by atoms with Crippen LogP contribution in [0.2, 0.25) is 25.1 Å². The molecule has 8 rings (SSSR count). The monoisotopic (exact) mass is 1280 g/mol. The van der Waals surface area contributed by atoms with Crippen LogP contribution in [0.15, 0.2) is 54.6 Å². The van der Waals surface area contributed by atoms with Gasteiger partial charge in [-0.1, -0.05) is 76.2 Å². The molecule has 1 amide bonds. The van der Waals surface area contributed by atoms with Gasteiger partial charge in [-0.3, -0.25) is 23.7 Å². The Bertz CT molecular complexity index is 3000. The first kappa shape index (κ1) is 73.1. The molecule has 3 aliphatic rings. The van der Waals surface area contributed by atoms with Crippen LogP contribution in [0.4, 0.5) is 26.3 Å². The predicted octanol–water partition coefficient (Wildman–Crippen LogP) is 5.98. The molecule has 0 aliphatic carbocycles. The number of carboxylic acids is 2. The van der Waals surface area contributed by atoms with Crippen molar-refractivity contribution in [1.82, 2.24) is 35.1 Å². The summed E-state index contributed by atoms with van der Waals surface area (Å²) < 4.78 is 93.2. The topological polar surface area (TPSA) is 223 Å². The van der Waals surface area contributed by atoms with E-state index < -0.39 is 63.1 Å². The number of nitrogens with one attached hydrogen (secondary N) is 2. The first-order valence-corrected chi connectivity index (χ1v) is 26.9. The fourth-order valence-corrected chi connectivity index (χ4v) is 10.7. The number of carbonyl (C=O) groups excluding carboxylic acids is 1. The van der Waals surface area contributed by atoms with E-state index in [0.717, 1.165) is 47.3 Å². The molecule has 17 nitrogen and oxygen atoms in total. The Kier molecular flexibility index (Phi) is 27.8. The van der Waals surface area contributed by atoms with Crippen molar-refractivity contribution in [3.05, 3.63) is 119 Å². The molecular formula is C53H66AlCl5F6LiN7O10. The van der Waals surface area contributed by atoms with Crippen LogP contribution in [0.25, 0.3) is 0 Å². The minimum Gasteiger partial charge on any atom is -1.00 e. The third-order valence-electron chi connectivity index (χ3n) is 14.7. The Balaban J connectivity index is 0.000000396. The number of benzene rings is 3. The van der Waals surface area contributed by atoms with Crippen molar-refractivity contribution < 1.29 is 95.7 Å². The van der Waals surface area contributed by atoms with E-state index in [2.05, 4.69) is 20.8 Å². The van der Waals surface area contributed by atoms with Gasteiger partial charge < -0.3 is 51.6 Å². The second-order valence-electron chi connectivity index (χ2n) is 19.4. The van der Waals surface area contributed by atoms with E-state index in [0.29, 0.717) is 88.9 Å². The molecule has 3 fully saturated rings. The van der Waals surface area contributed by atoms with Gasteiger partial charge in [0.2, 0.25) is 5.91 Å². The van der Waals surface area contributed by atoms with Gasteiger partial charge in [-0.2, -0.15) is 36.5 Å². The number of aliphatic hydroxyl groups is 2. The Morgan fingerprint density at radius 3 is 1.29 bits per heavy atom. The summed E-state index contributed by atoms with van der Waals surface area (Å²) in [5, 5.41) is 51.4. The maximum absolute atomic E-state index is 13.0. The standard InChI is InChI=1S/C20H22Cl2F3N3O3.C13H16ClNO3.C13H18ClNO2.C7H6ClF3N2O2.Al.Li.4H/c1-12-17(22)18(20(23,24)25)26-28(12)10-16(30)27-7-5-19(11-29,6-8-27)13-3-4-14(21)15(9-13)31-2;1-18-11-8-9(2-3-10(11)14)13(12(16)17)4-6-15-7-5-13;1-17-12-8-10(2-3-11(12)14)13(9-16)4-6-15-7-5-13;1-3-5(8)6(7(9,10)11)12-13(3)2-4(14)15;;;;;;/h3-4,9,29H,5-8,10-11H2,1-2H3;2-3,8,15H,4-7H2,1H3,(H,16,17);2-3,8,15-16H,4-7,9H2,1H3;2H2,1H3,(H,14,15);;;;;;/q;;;;;+1;;;;-1. The molecule has 2 aromatic heterocycles. The minimum atomic E-state index is -4.69. The second-order valence-corrected chi connectivity index (χ2v) is 21.4. The summed E-state index contributed by atoms with van der Waals surface area (Å²) in [6.45, 7) is 5.67. The third-order valence-corrected chi connectivity index (χ3v) is 16.6. The molecule has 0 bridgehead atoms. The second kappa shape index (κ2) is 31.5. The molecule has 3 aromatic carbocycles. The van der Waals surface area contributed by atoms with Crippen molar-refractivity contribution in [2.24, 2.45) is 0 Å². The van der Waals surface area contributed by atoms with Gasteiger partial charge in [0.05, 0.1) is 76.5 Å². The van der Waals surface area contributed by atoms with E-state index >= 15 is 0 Å². The molecule has 0 radical (unpaired) electrons. The molecule has 454 valence electrons. The smallest absolute Gasteiger partial charge is 1.00 e. The summed E-state index contributed by atoms with van der Waals surface area (Å²) in [6, 6.07) is 16.3. The molecule has 0 saturated carbocycles. The van der Waals surface area contributed by atoms with Crippen LogP contribution >= 0.6 is 58.0 Å². The van der Waals surface area contributed by atoms with E-state index in [1.54, 1.807) is 42.3 Å². The molecule has 5 heterocycles. The molecule has 3 aliphatic heterocycles. The SMILES string of the molecule is COc1cc(C2(C(=O)O)CCNCC2)ccc1Cl.COc1cc(C2(CO)CCN(C(=O)Cn3nc(C(F)(F)F)c(Cl)c3C)CC2)ccc1Cl.COc1cc(C2(CO)CCNCC2)ccc1Cl.Cc1c(Cl)c(C(F)(F)F)nn1CC(=O)O.[AlH3].[H-].[Li+]. The van der Waals surface area contributed by atoms with Crippen molar-refractivity contribution in [2.45, 2.75) is 94.1 Å². The predicted molar refractivity (Wildman–Crippen MR) is 304 cm³/mol. The van der Waals surface area contributed by atoms with Crippen molar-refractivity contribution in [2.75, 3.05) is 73.8 Å². The maximum atomic E-state index is 13.0. The van der Waals surface area contributed by atoms with Gasteiger partial charge >= 0.3 is 43.2 Å². The van der Waals surface area contributed by atoms with Crippen molar-refractivity contribution >= 4 is 93.2 Å². The van der Waals surface area contributed by atoms with Gasteiger partial charge in [0.25, 0.3) is 0 Å². The number of aliphatic carboxylic acids is 2. The molecular weight excluding hydrogens is 1220 g/mol. The van der Waals surface area contributed by atoms with Gasteiger partial charge in [0.15, 0.2) is 28.7 Å². The number of aromatic nitrogens is 4. The number of ether oxygens (including phenoxy) is 3. The van der Waals surface area contributed by atoms with Crippen LogP contribution in [0.1, 0.15) is 79.4 Å².